The zero-order chi connectivity index (χ0) is 12.2. The highest BCUT2D eigenvalue weighted by atomic mass is 16.2. The summed E-state index contributed by atoms with van der Waals surface area (Å²) in [5.74, 6) is 0.654. The summed E-state index contributed by atoms with van der Waals surface area (Å²) in [6, 6.07) is 0.181. The molecule has 0 aromatic heterocycles. The monoisotopic (exact) mass is 214 g/mol. The number of hydrogen-bond donors (Lipinski definition) is 1. The van der Waals surface area contributed by atoms with Crippen molar-refractivity contribution in [3.8, 4) is 0 Å². The maximum atomic E-state index is 11.8. The van der Waals surface area contributed by atoms with E-state index in [2.05, 4.69) is 13.8 Å². The van der Waals surface area contributed by atoms with Crippen LogP contribution in [0.1, 0.15) is 41.0 Å². The van der Waals surface area contributed by atoms with E-state index < -0.39 is 0 Å². The van der Waals surface area contributed by atoms with Gasteiger partial charge in [0.25, 0.3) is 0 Å². The molecule has 1 atom stereocenters. The van der Waals surface area contributed by atoms with Crippen molar-refractivity contribution >= 4 is 5.91 Å². The van der Waals surface area contributed by atoms with Crippen LogP contribution in [-0.4, -0.2) is 30.4 Å². The van der Waals surface area contributed by atoms with Gasteiger partial charge in [0.1, 0.15) is 0 Å². The van der Waals surface area contributed by atoms with Gasteiger partial charge in [-0.2, -0.15) is 0 Å². The highest BCUT2D eigenvalue weighted by Crippen LogP contribution is 2.16. The summed E-state index contributed by atoms with van der Waals surface area (Å²) in [4.78, 5) is 13.6. The average molecular weight is 214 g/mol. The SMILES string of the molecule is CC(C)C(N)CCN(C)C(=O)C(C)(C)C. The standard InChI is InChI=1S/C12H26N2O/c1-9(2)10(13)7-8-14(6)11(15)12(3,4)5/h9-10H,7-8,13H2,1-6H3. The van der Waals surface area contributed by atoms with E-state index in [1.54, 1.807) is 4.90 Å². The summed E-state index contributed by atoms with van der Waals surface area (Å²) in [5.41, 5.74) is 5.64. The van der Waals surface area contributed by atoms with Gasteiger partial charge in [-0.25, -0.2) is 0 Å². The first-order valence-corrected chi connectivity index (χ1v) is 5.67. The topological polar surface area (TPSA) is 46.3 Å². The van der Waals surface area contributed by atoms with Crippen molar-refractivity contribution in [2.24, 2.45) is 17.1 Å². The van der Waals surface area contributed by atoms with Crippen LogP contribution in [0.15, 0.2) is 0 Å². The second-order valence-electron chi connectivity index (χ2n) is 5.67. The number of nitrogens with two attached hydrogens (primary N) is 1. The van der Waals surface area contributed by atoms with Gasteiger partial charge in [-0.1, -0.05) is 34.6 Å². The predicted octanol–water partition coefficient (Wildman–Crippen LogP) is 1.86. The van der Waals surface area contributed by atoms with Crippen molar-refractivity contribution in [2.45, 2.75) is 47.1 Å². The van der Waals surface area contributed by atoms with Crippen LogP contribution in [0.4, 0.5) is 0 Å². The van der Waals surface area contributed by atoms with Crippen molar-refractivity contribution in [3.05, 3.63) is 0 Å². The van der Waals surface area contributed by atoms with Gasteiger partial charge < -0.3 is 10.6 Å². The van der Waals surface area contributed by atoms with E-state index >= 15 is 0 Å². The number of rotatable bonds is 4. The fourth-order valence-corrected chi connectivity index (χ4v) is 1.35. The van der Waals surface area contributed by atoms with Crippen LogP contribution in [0.5, 0.6) is 0 Å². The van der Waals surface area contributed by atoms with Gasteiger partial charge in [-0.3, -0.25) is 4.79 Å². The summed E-state index contributed by atoms with van der Waals surface area (Å²) in [6.45, 7) is 10.8. The molecule has 0 rings (SSSR count). The number of carbonyl (C=O) groups excluding carboxylic acids is 1. The largest absolute Gasteiger partial charge is 0.345 e. The minimum absolute atomic E-state index is 0.179. The van der Waals surface area contributed by atoms with Gasteiger partial charge in [0.05, 0.1) is 0 Å². The van der Waals surface area contributed by atoms with Crippen LogP contribution < -0.4 is 5.73 Å². The molecule has 0 bridgehead atoms. The molecule has 0 aromatic carbocycles. The van der Waals surface area contributed by atoms with E-state index in [0.717, 1.165) is 13.0 Å². The molecule has 0 aromatic rings. The molecule has 1 unspecified atom stereocenters. The lowest BCUT2D eigenvalue weighted by Gasteiger charge is -2.27. The molecule has 3 nitrogen and oxygen atoms in total. The maximum Gasteiger partial charge on any atom is 0.227 e. The van der Waals surface area contributed by atoms with Gasteiger partial charge in [0.2, 0.25) is 5.91 Å². The zero-order valence-electron chi connectivity index (χ0n) is 11.0. The molecule has 90 valence electrons. The average Bonchev–Trinajstić information content (AvgIpc) is 2.10. The van der Waals surface area contributed by atoms with E-state index in [-0.39, 0.29) is 17.4 Å². The van der Waals surface area contributed by atoms with Crippen LogP contribution in [0.2, 0.25) is 0 Å². The minimum Gasteiger partial charge on any atom is -0.345 e. The second kappa shape index (κ2) is 5.50. The lowest BCUT2D eigenvalue weighted by molar-refractivity contribution is -0.138. The Bertz CT molecular complexity index is 206. The molecule has 2 N–H and O–H groups in total. The second-order valence-corrected chi connectivity index (χ2v) is 5.67. The zero-order valence-corrected chi connectivity index (χ0v) is 11.0. The van der Waals surface area contributed by atoms with E-state index in [1.165, 1.54) is 0 Å². The van der Waals surface area contributed by atoms with E-state index in [9.17, 15) is 4.79 Å². The molecule has 0 aliphatic heterocycles. The Hall–Kier alpha value is -0.570. The van der Waals surface area contributed by atoms with Crippen LogP contribution in [0, 0.1) is 11.3 Å². The number of hydrogen-bond acceptors (Lipinski definition) is 2. The summed E-state index contributed by atoms with van der Waals surface area (Å²) >= 11 is 0. The molecule has 0 aliphatic rings. The predicted molar refractivity (Wildman–Crippen MR) is 64.5 cm³/mol. The summed E-state index contributed by atoms with van der Waals surface area (Å²) in [7, 11) is 1.85. The molecular formula is C12H26N2O. The van der Waals surface area contributed by atoms with Crippen LogP contribution in [0.25, 0.3) is 0 Å². The Morgan fingerprint density at radius 2 is 1.80 bits per heavy atom. The van der Waals surface area contributed by atoms with Crippen molar-refractivity contribution in [1.29, 1.82) is 0 Å². The molecule has 1 amide bonds. The van der Waals surface area contributed by atoms with Gasteiger partial charge in [-0.15, -0.1) is 0 Å². The smallest absolute Gasteiger partial charge is 0.227 e. The highest BCUT2D eigenvalue weighted by Gasteiger charge is 2.25. The first-order valence-electron chi connectivity index (χ1n) is 5.67. The minimum atomic E-state index is -0.295. The van der Waals surface area contributed by atoms with Crippen molar-refractivity contribution in [3.63, 3.8) is 0 Å². The highest BCUT2D eigenvalue weighted by molar-refractivity contribution is 5.81. The quantitative estimate of drug-likeness (QED) is 0.776. The van der Waals surface area contributed by atoms with Crippen molar-refractivity contribution in [2.75, 3.05) is 13.6 Å². The third-order valence-electron chi connectivity index (χ3n) is 2.64. The Morgan fingerprint density at radius 1 is 1.33 bits per heavy atom. The third-order valence-corrected chi connectivity index (χ3v) is 2.64. The van der Waals surface area contributed by atoms with Crippen LogP contribution in [0.3, 0.4) is 0 Å². The number of carbonyl (C=O) groups is 1. The molecule has 3 heteroatoms. The lowest BCUT2D eigenvalue weighted by atomic mass is 9.94. The van der Waals surface area contributed by atoms with E-state index in [1.807, 2.05) is 27.8 Å². The van der Waals surface area contributed by atoms with Gasteiger partial charge in [0.15, 0.2) is 0 Å². The Balaban J connectivity index is 4.05. The molecule has 0 spiro atoms. The van der Waals surface area contributed by atoms with Gasteiger partial charge >= 0.3 is 0 Å². The molecule has 0 heterocycles. The van der Waals surface area contributed by atoms with Gasteiger partial charge in [0, 0.05) is 25.0 Å². The third kappa shape index (κ3) is 5.17. The Morgan fingerprint density at radius 3 is 2.13 bits per heavy atom. The molecule has 0 saturated heterocycles. The molecule has 0 fully saturated rings. The Labute approximate surface area is 94.0 Å². The molecule has 0 saturated carbocycles. The number of amides is 1. The first-order chi connectivity index (χ1) is 6.66. The molecule has 0 radical (unpaired) electrons. The molecule has 15 heavy (non-hydrogen) atoms. The molecular weight excluding hydrogens is 188 g/mol. The van der Waals surface area contributed by atoms with Crippen molar-refractivity contribution < 1.29 is 4.79 Å². The fraction of sp³-hybridized carbons (Fsp3) is 0.917. The normalized spacial score (nSPS) is 14.1. The summed E-state index contributed by atoms with van der Waals surface area (Å²) in [6.07, 6.45) is 0.871. The lowest BCUT2D eigenvalue weighted by Crippen LogP contribution is -2.39. The number of nitrogens with zero attached hydrogens (tertiary/aromatic N) is 1. The molecule has 0 aliphatic carbocycles. The van der Waals surface area contributed by atoms with E-state index in [4.69, 9.17) is 5.73 Å². The van der Waals surface area contributed by atoms with Crippen LogP contribution in [-0.2, 0) is 4.79 Å². The van der Waals surface area contributed by atoms with Crippen LogP contribution >= 0.6 is 0 Å². The summed E-state index contributed by atoms with van der Waals surface area (Å²) in [5, 5.41) is 0. The van der Waals surface area contributed by atoms with Gasteiger partial charge in [-0.05, 0) is 12.3 Å². The maximum absolute atomic E-state index is 11.8. The Kier molecular flexibility index (Phi) is 5.29. The van der Waals surface area contributed by atoms with E-state index in [0.29, 0.717) is 5.92 Å². The summed E-state index contributed by atoms with van der Waals surface area (Å²) < 4.78 is 0. The fourth-order valence-electron chi connectivity index (χ4n) is 1.35. The first kappa shape index (κ1) is 14.4. The van der Waals surface area contributed by atoms with Crippen molar-refractivity contribution in [1.82, 2.24) is 4.90 Å².